The third-order valence-electron chi connectivity index (χ3n) is 1.55. The van der Waals surface area contributed by atoms with Gasteiger partial charge in [0.2, 0.25) is 0 Å². The summed E-state index contributed by atoms with van der Waals surface area (Å²) in [6.45, 7) is 0. The van der Waals surface area contributed by atoms with Gasteiger partial charge in [0.1, 0.15) is 5.69 Å². The molecule has 0 saturated carbocycles. The Kier molecular flexibility index (Phi) is 2.63. The van der Waals surface area contributed by atoms with Crippen LogP contribution in [0.2, 0.25) is 0 Å². The van der Waals surface area contributed by atoms with Crippen molar-refractivity contribution in [2.45, 2.75) is 0 Å². The lowest BCUT2D eigenvalue weighted by atomic mass is 10.2. The molecular weight excluding hydrogens is 190 g/mol. The molecule has 1 aromatic rings. The van der Waals surface area contributed by atoms with E-state index in [4.69, 9.17) is 10.9 Å². The lowest BCUT2D eigenvalue weighted by Crippen LogP contribution is -2.36. The van der Waals surface area contributed by atoms with Gasteiger partial charge in [0, 0.05) is 0 Å². The van der Waals surface area contributed by atoms with Gasteiger partial charge >= 0.3 is 5.97 Å². The van der Waals surface area contributed by atoms with E-state index >= 15 is 0 Å². The summed E-state index contributed by atoms with van der Waals surface area (Å²) in [6, 6.07) is 4.99. The minimum Gasteiger partial charge on any atom is -0.478 e. The molecule has 74 valence electrons. The standard InChI is InChI=1S/C7H7N3O4/c8-9(10(13)14)6-3-1-5(2-4-6)7(11)12/h1-4H,8H2,(H,11,12). The third-order valence-corrected chi connectivity index (χ3v) is 1.55. The summed E-state index contributed by atoms with van der Waals surface area (Å²) in [5.41, 5.74) is 0.158. The quantitative estimate of drug-likeness (QED) is 0.408. The number of benzene rings is 1. The van der Waals surface area contributed by atoms with Crippen molar-refractivity contribution in [3.05, 3.63) is 39.9 Å². The molecule has 0 aliphatic carbocycles. The van der Waals surface area contributed by atoms with Gasteiger partial charge in [-0.3, -0.25) is 0 Å². The molecule has 0 atom stereocenters. The molecule has 0 heterocycles. The summed E-state index contributed by atoms with van der Waals surface area (Å²) in [5.74, 6) is 3.95. The van der Waals surface area contributed by atoms with Gasteiger partial charge in [-0.1, -0.05) is 0 Å². The maximum atomic E-state index is 10.4. The highest BCUT2D eigenvalue weighted by molar-refractivity contribution is 5.87. The van der Waals surface area contributed by atoms with Crippen LogP contribution in [0.5, 0.6) is 0 Å². The third kappa shape index (κ3) is 1.96. The first-order valence-corrected chi connectivity index (χ1v) is 3.55. The Morgan fingerprint density at radius 1 is 1.43 bits per heavy atom. The van der Waals surface area contributed by atoms with Crippen molar-refractivity contribution in [3.63, 3.8) is 0 Å². The van der Waals surface area contributed by atoms with Crippen molar-refractivity contribution in [1.82, 2.24) is 0 Å². The molecule has 0 radical (unpaired) electrons. The molecule has 1 rings (SSSR count). The van der Waals surface area contributed by atoms with Crippen molar-refractivity contribution >= 4 is 11.7 Å². The van der Waals surface area contributed by atoms with E-state index < -0.39 is 11.0 Å². The van der Waals surface area contributed by atoms with Gasteiger partial charge in [0.15, 0.2) is 5.03 Å². The zero-order valence-electron chi connectivity index (χ0n) is 6.95. The number of nitrogens with two attached hydrogens (primary N) is 1. The number of rotatable bonds is 3. The van der Waals surface area contributed by atoms with Crippen LogP contribution < -0.4 is 11.0 Å². The molecule has 7 nitrogen and oxygen atoms in total. The fourth-order valence-electron chi connectivity index (χ4n) is 0.851. The number of hydrazine groups is 2. The zero-order chi connectivity index (χ0) is 10.7. The lowest BCUT2D eigenvalue weighted by molar-refractivity contribution is -0.496. The molecule has 0 amide bonds. The van der Waals surface area contributed by atoms with Gasteiger partial charge in [0.05, 0.1) is 5.56 Å². The van der Waals surface area contributed by atoms with Crippen LogP contribution in [0.3, 0.4) is 0 Å². The molecule has 3 N–H and O–H groups in total. The first-order valence-electron chi connectivity index (χ1n) is 3.55. The minimum absolute atomic E-state index is 0.0468. The number of carbonyl (C=O) groups is 1. The van der Waals surface area contributed by atoms with Gasteiger partial charge in [-0.2, -0.15) is 5.84 Å². The van der Waals surface area contributed by atoms with Crippen molar-refractivity contribution in [2.24, 2.45) is 5.84 Å². The van der Waals surface area contributed by atoms with Crippen LogP contribution in [-0.4, -0.2) is 16.1 Å². The zero-order valence-corrected chi connectivity index (χ0v) is 6.95. The van der Waals surface area contributed by atoms with Gasteiger partial charge < -0.3 is 5.11 Å². The van der Waals surface area contributed by atoms with Crippen molar-refractivity contribution < 1.29 is 14.9 Å². The number of nitrogens with zero attached hydrogens (tertiary/aromatic N) is 2. The normalized spacial score (nSPS) is 9.50. The predicted octanol–water partition coefficient (Wildman–Crippen LogP) is 0.257. The molecular formula is C7H7N3O4. The molecule has 0 bridgehead atoms. The number of anilines is 1. The molecule has 0 spiro atoms. The number of carboxylic acid groups (broad SMARTS) is 1. The van der Waals surface area contributed by atoms with Crippen LogP contribution in [0.25, 0.3) is 0 Å². The molecule has 0 aliphatic rings. The van der Waals surface area contributed by atoms with Crippen LogP contribution >= 0.6 is 0 Å². The highest BCUT2D eigenvalue weighted by Crippen LogP contribution is 2.12. The Balaban J connectivity index is 2.94. The smallest absolute Gasteiger partial charge is 0.335 e. The lowest BCUT2D eigenvalue weighted by Gasteiger charge is -2.06. The largest absolute Gasteiger partial charge is 0.478 e. The van der Waals surface area contributed by atoms with E-state index in [0.29, 0.717) is 5.12 Å². The second kappa shape index (κ2) is 3.71. The summed E-state index contributed by atoms with van der Waals surface area (Å²) in [5, 5.41) is 18.3. The summed E-state index contributed by atoms with van der Waals surface area (Å²) in [7, 11) is 0. The average molecular weight is 197 g/mol. The Labute approximate surface area is 78.4 Å². The summed E-state index contributed by atoms with van der Waals surface area (Å²) < 4.78 is 0. The Morgan fingerprint density at radius 2 is 1.93 bits per heavy atom. The van der Waals surface area contributed by atoms with E-state index in [1.165, 1.54) is 24.3 Å². The van der Waals surface area contributed by atoms with Gasteiger partial charge in [-0.15, -0.1) is 0 Å². The number of hydrogen-bond acceptors (Lipinski definition) is 4. The van der Waals surface area contributed by atoms with E-state index in [2.05, 4.69) is 0 Å². The van der Waals surface area contributed by atoms with Crippen molar-refractivity contribution in [3.8, 4) is 0 Å². The number of carboxylic acids is 1. The number of hydrogen-bond donors (Lipinski definition) is 2. The first-order chi connectivity index (χ1) is 6.52. The fraction of sp³-hybridized carbons (Fsp3) is 0. The summed E-state index contributed by atoms with van der Waals surface area (Å²) >= 11 is 0. The van der Waals surface area contributed by atoms with E-state index in [9.17, 15) is 14.9 Å². The SMILES string of the molecule is NN(c1ccc(C(=O)O)cc1)[N+](=O)[O-]. The second-order valence-electron chi connectivity index (χ2n) is 2.43. The predicted molar refractivity (Wildman–Crippen MR) is 47.1 cm³/mol. The van der Waals surface area contributed by atoms with E-state index in [0.717, 1.165) is 0 Å². The average Bonchev–Trinajstić information content (AvgIpc) is 2.16. The molecule has 0 unspecified atom stereocenters. The molecule has 7 heteroatoms. The van der Waals surface area contributed by atoms with Crippen LogP contribution in [0.4, 0.5) is 5.69 Å². The molecule has 14 heavy (non-hydrogen) atoms. The second-order valence-corrected chi connectivity index (χ2v) is 2.43. The molecule has 0 aromatic heterocycles. The molecule has 1 aromatic carbocycles. The highest BCUT2D eigenvalue weighted by Gasteiger charge is 2.12. The van der Waals surface area contributed by atoms with Crippen LogP contribution in [0.15, 0.2) is 24.3 Å². The van der Waals surface area contributed by atoms with E-state index in [1.54, 1.807) is 0 Å². The van der Waals surface area contributed by atoms with E-state index in [1.807, 2.05) is 0 Å². The fourth-order valence-corrected chi connectivity index (χ4v) is 0.851. The maximum Gasteiger partial charge on any atom is 0.335 e. The van der Waals surface area contributed by atoms with Gasteiger partial charge in [-0.25, -0.2) is 14.9 Å². The monoisotopic (exact) mass is 197 g/mol. The Morgan fingerprint density at radius 3 is 2.29 bits per heavy atom. The molecule has 0 fully saturated rings. The minimum atomic E-state index is -1.10. The van der Waals surface area contributed by atoms with Crippen molar-refractivity contribution in [1.29, 1.82) is 0 Å². The van der Waals surface area contributed by atoms with Crippen LogP contribution in [0, 0.1) is 10.1 Å². The topological polar surface area (TPSA) is 110 Å². The Bertz CT molecular complexity index is 362. The maximum absolute atomic E-state index is 10.4. The molecule has 0 aliphatic heterocycles. The van der Waals surface area contributed by atoms with Crippen LogP contribution in [-0.2, 0) is 0 Å². The van der Waals surface area contributed by atoms with Crippen molar-refractivity contribution in [2.75, 3.05) is 5.12 Å². The van der Waals surface area contributed by atoms with Crippen LogP contribution in [0.1, 0.15) is 10.4 Å². The highest BCUT2D eigenvalue weighted by atomic mass is 16.7. The molecule has 0 saturated heterocycles. The summed E-state index contributed by atoms with van der Waals surface area (Å²) in [6.07, 6.45) is 0. The summed E-state index contributed by atoms with van der Waals surface area (Å²) in [4.78, 5) is 20.6. The number of nitro groups is 1. The number of aromatic carboxylic acids is 1. The van der Waals surface area contributed by atoms with E-state index in [-0.39, 0.29) is 11.3 Å². The van der Waals surface area contributed by atoms with Gasteiger partial charge in [-0.05, 0) is 29.4 Å². The first kappa shape index (κ1) is 9.93. The van der Waals surface area contributed by atoms with Gasteiger partial charge in [0.25, 0.3) is 0 Å². The Hall–Kier alpha value is -2.15.